The number of nitrogens with zero attached hydrogens (tertiary/aromatic N) is 1. The molecule has 3 rings (SSSR count). The zero-order chi connectivity index (χ0) is 25.6. The molecule has 0 saturated carbocycles. The molecule has 2 aromatic carbocycles. The predicted octanol–water partition coefficient (Wildman–Crippen LogP) is 3.71. The normalized spacial score (nSPS) is 16.7. The molecule has 0 radical (unpaired) electrons. The molecule has 4 amide bonds. The summed E-state index contributed by atoms with van der Waals surface area (Å²) in [6, 6.07) is 11.5. The van der Waals surface area contributed by atoms with Crippen LogP contribution in [0.5, 0.6) is 0 Å². The topological polar surface area (TPSA) is 90.5 Å². The molecule has 0 fully saturated rings. The van der Waals surface area contributed by atoms with E-state index in [1.54, 1.807) is 23.1 Å². The summed E-state index contributed by atoms with van der Waals surface area (Å²) in [5.41, 5.74) is 1.70. The fourth-order valence-electron chi connectivity index (χ4n) is 4.20. The lowest BCUT2D eigenvalue weighted by molar-refractivity contribution is -0.128. The number of fused-ring (bicyclic) bond motifs is 1. The molecule has 2 unspecified atom stereocenters. The molecule has 3 N–H and O–H groups in total. The highest BCUT2D eigenvalue weighted by Gasteiger charge is 2.33. The van der Waals surface area contributed by atoms with Crippen LogP contribution in [0.1, 0.15) is 51.7 Å². The van der Waals surface area contributed by atoms with Gasteiger partial charge in [0.25, 0.3) is 0 Å². The van der Waals surface area contributed by atoms with Crippen molar-refractivity contribution in [3.8, 4) is 0 Å². The van der Waals surface area contributed by atoms with Gasteiger partial charge in [0.15, 0.2) is 0 Å². The number of nitrogens with one attached hydrogen (secondary N) is 3. The van der Waals surface area contributed by atoms with Crippen LogP contribution in [0, 0.1) is 5.82 Å². The van der Waals surface area contributed by atoms with E-state index in [1.165, 1.54) is 6.07 Å². The van der Waals surface area contributed by atoms with Crippen molar-refractivity contribution in [3.63, 3.8) is 0 Å². The summed E-state index contributed by atoms with van der Waals surface area (Å²) in [6.07, 6.45) is 1.78. The van der Waals surface area contributed by atoms with Gasteiger partial charge in [-0.25, -0.2) is 9.18 Å². The monoisotopic (exact) mass is 482 g/mol. The first-order chi connectivity index (χ1) is 16.6. The Morgan fingerprint density at radius 3 is 2.49 bits per heavy atom. The van der Waals surface area contributed by atoms with Crippen molar-refractivity contribution < 1.29 is 18.8 Å². The first-order valence-electron chi connectivity index (χ1n) is 12.1. The van der Waals surface area contributed by atoms with E-state index >= 15 is 0 Å². The molecule has 8 heteroatoms. The molecule has 1 heterocycles. The average molecular weight is 483 g/mol. The number of para-hydroxylation sites is 1. The number of benzene rings is 2. The third-order valence-electron chi connectivity index (χ3n) is 5.80. The molecule has 0 aliphatic carbocycles. The Balaban J connectivity index is 1.81. The molecule has 0 bridgehead atoms. The molecule has 1 aliphatic rings. The van der Waals surface area contributed by atoms with Gasteiger partial charge in [-0.3, -0.25) is 9.59 Å². The largest absolute Gasteiger partial charge is 0.342 e. The predicted molar refractivity (Wildman–Crippen MR) is 135 cm³/mol. The third kappa shape index (κ3) is 7.04. The van der Waals surface area contributed by atoms with E-state index in [0.29, 0.717) is 24.9 Å². The highest BCUT2D eigenvalue weighted by Crippen LogP contribution is 2.27. The summed E-state index contributed by atoms with van der Waals surface area (Å²) in [5.74, 6) is -1.18. The number of amides is 4. The second-order valence-electron chi connectivity index (χ2n) is 9.92. The number of hydrogen-bond donors (Lipinski definition) is 3. The Labute approximate surface area is 206 Å². The van der Waals surface area contributed by atoms with Crippen LogP contribution in [0.3, 0.4) is 0 Å². The van der Waals surface area contributed by atoms with Crippen LogP contribution >= 0.6 is 0 Å². The van der Waals surface area contributed by atoms with Gasteiger partial charge in [-0.2, -0.15) is 0 Å². The Kier molecular flexibility index (Phi) is 8.48. The smallest absolute Gasteiger partial charge is 0.315 e. The standard InChI is InChI=1S/C27H35FN4O3/c1-5-16-32-23-13-9-7-10-18(23)14-15-21(25(32)34)29-24(33)22(30-26(35)31-27(2,3)4)17-19-11-6-8-12-20(19)28/h6-13,21-22H,5,14-17H2,1-4H3,(H,29,33)(H2,30,31,35). The number of halogens is 1. The molecule has 2 atom stereocenters. The number of hydrogen-bond acceptors (Lipinski definition) is 3. The molecular weight excluding hydrogens is 447 g/mol. The van der Waals surface area contributed by atoms with Gasteiger partial charge in [-0.05, 0) is 63.3 Å². The van der Waals surface area contributed by atoms with Crippen LogP contribution in [-0.2, 0) is 22.4 Å². The Hall–Kier alpha value is -3.42. The molecule has 0 spiro atoms. The SMILES string of the molecule is CCCN1C(=O)C(NC(=O)C(Cc2ccccc2F)NC(=O)NC(C)(C)C)CCc2ccccc21. The minimum atomic E-state index is -1.06. The van der Waals surface area contributed by atoms with Crippen molar-refractivity contribution in [2.45, 2.75) is 71.0 Å². The Bertz CT molecular complexity index is 1070. The van der Waals surface area contributed by atoms with E-state index in [9.17, 15) is 18.8 Å². The number of anilines is 1. The summed E-state index contributed by atoms with van der Waals surface area (Å²) in [5, 5.41) is 8.28. The van der Waals surface area contributed by atoms with Crippen molar-refractivity contribution in [2.24, 2.45) is 0 Å². The molecule has 1 aliphatic heterocycles. The number of carbonyl (C=O) groups excluding carboxylic acids is 3. The van der Waals surface area contributed by atoms with Gasteiger partial charge < -0.3 is 20.9 Å². The van der Waals surface area contributed by atoms with Crippen LogP contribution in [0.2, 0.25) is 0 Å². The number of rotatable bonds is 7. The zero-order valence-electron chi connectivity index (χ0n) is 20.9. The summed E-state index contributed by atoms with van der Waals surface area (Å²) in [7, 11) is 0. The van der Waals surface area contributed by atoms with Crippen molar-refractivity contribution in [2.75, 3.05) is 11.4 Å². The number of carbonyl (C=O) groups is 3. The van der Waals surface area contributed by atoms with E-state index in [2.05, 4.69) is 16.0 Å². The maximum Gasteiger partial charge on any atom is 0.315 e. The molecular formula is C27H35FN4O3. The number of aryl methyl sites for hydroxylation is 1. The second kappa shape index (κ2) is 11.3. The van der Waals surface area contributed by atoms with Crippen molar-refractivity contribution in [3.05, 3.63) is 65.5 Å². The summed E-state index contributed by atoms with van der Waals surface area (Å²) < 4.78 is 14.4. The average Bonchev–Trinajstić information content (AvgIpc) is 2.91. The first kappa shape index (κ1) is 26.2. The highest BCUT2D eigenvalue weighted by atomic mass is 19.1. The number of urea groups is 1. The van der Waals surface area contributed by atoms with E-state index in [0.717, 1.165) is 17.7 Å². The molecule has 0 saturated heterocycles. The lowest BCUT2D eigenvalue weighted by Crippen LogP contribution is -2.57. The van der Waals surface area contributed by atoms with Gasteiger partial charge in [-0.15, -0.1) is 0 Å². The Morgan fingerprint density at radius 2 is 1.80 bits per heavy atom. The van der Waals surface area contributed by atoms with Crippen molar-refractivity contribution in [1.82, 2.24) is 16.0 Å². The van der Waals surface area contributed by atoms with Crippen LogP contribution in [-0.4, -0.2) is 42.0 Å². The van der Waals surface area contributed by atoms with Crippen LogP contribution in [0.25, 0.3) is 0 Å². The third-order valence-corrected chi connectivity index (χ3v) is 5.80. The first-order valence-corrected chi connectivity index (χ1v) is 12.1. The zero-order valence-corrected chi connectivity index (χ0v) is 20.9. The van der Waals surface area contributed by atoms with Gasteiger partial charge >= 0.3 is 6.03 Å². The fourth-order valence-corrected chi connectivity index (χ4v) is 4.20. The molecule has 35 heavy (non-hydrogen) atoms. The molecule has 188 valence electrons. The molecule has 7 nitrogen and oxygen atoms in total. The summed E-state index contributed by atoms with van der Waals surface area (Å²) in [6.45, 7) is 8.00. The van der Waals surface area contributed by atoms with Crippen molar-refractivity contribution >= 4 is 23.5 Å². The van der Waals surface area contributed by atoms with Gasteiger partial charge in [-0.1, -0.05) is 43.3 Å². The van der Waals surface area contributed by atoms with Crippen LogP contribution < -0.4 is 20.9 Å². The van der Waals surface area contributed by atoms with E-state index < -0.39 is 35.4 Å². The molecule has 2 aromatic rings. The minimum absolute atomic E-state index is 0.0458. The highest BCUT2D eigenvalue weighted by molar-refractivity contribution is 6.01. The second-order valence-corrected chi connectivity index (χ2v) is 9.92. The van der Waals surface area contributed by atoms with E-state index in [-0.39, 0.29) is 12.3 Å². The quantitative estimate of drug-likeness (QED) is 0.562. The van der Waals surface area contributed by atoms with Gasteiger partial charge in [0, 0.05) is 24.2 Å². The fraction of sp³-hybridized carbons (Fsp3) is 0.444. The maximum atomic E-state index is 14.4. The van der Waals surface area contributed by atoms with Crippen molar-refractivity contribution in [1.29, 1.82) is 0 Å². The van der Waals surface area contributed by atoms with Crippen LogP contribution in [0.4, 0.5) is 14.9 Å². The van der Waals surface area contributed by atoms with E-state index in [4.69, 9.17) is 0 Å². The molecule has 0 aromatic heterocycles. The lowest BCUT2D eigenvalue weighted by atomic mass is 10.0. The van der Waals surface area contributed by atoms with Crippen LogP contribution in [0.15, 0.2) is 48.5 Å². The van der Waals surface area contributed by atoms with Gasteiger partial charge in [0.1, 0.15) is 17.9 Å². The van der Waals surface area contributed by atoms with E-state index in [1.807, 2.05) is 52.0 Å². The Morgan fingerprint density at radius 1 is 1.11 bits per heavy atom. The van der Waals surface area contributed by atoms with Gasteiger partial charge in [0.2, 0.25) is 11.8 Å². The maximum absolute atomic E-state index is 14.4. The summed E-state index contributed by atoms with van der Waals surface area (Å²) >= 11 is 0. The summed E-state index contributed by atoms with van der Waals surface area (Å²) in [4.78, 5) is 41.1. The minimum Gasteiger partial charge on any atom is -0.342 e. The van der Waals surface area contributed by atoms with Gasteiger partial charge in [0.05, 0.1) is 0 Å². The lowest BCUT2D eigenvalue weighted by Gasteiger charge is -2.28.